The summed E-state index contributed by atoms with van der Waals surface area (Å²) in [5.74, 6) is -0.995. The van der Waals surface area contributed by atoms with Gasteiger partial charge in [-0.15, -0.1) is 0 Å². The third-order valence-corrected chi connectivity index (χ3v) is 4.33. The Labute approximate surface area is 124 Å². The molecule has 0 saturated carbocycles. The second kappa shape index (κ2) is 5.94. The van der Waals surface area contributed by atoms with Gasteiger partial charge in [-0.1, -0.05) is 37.3 Å². The van der Waals surface area contributed by atoms with E-state index in [1.54, 1.807) is 6.07 Å². The number of benzene rings is 2. The maximum Gasteiger partial charge on any atom is 0.159 e. The molecular formula is C18H19F2N. The van der Waals surface area contributed by atoms with E-state index in [2.05, 4.69) is 36.5 Å². The Kier molecular flexibility index (Phi) is 4.02. The van der Waals surface area contributed by atoms with Crippen LogP contribution in [0.2, 0.25) is 0 Å². The van der Waals surface area contributed by atoms with E-state index < -0.39 is 11.6 Å². The van der Waals surface area contributed by atoms with Crippen molar-refractivity contribution in [3.05, 3.63) is 70.8 Å². The van der Waals surface area contributed by atoms with Crippen LogP contribution in [0.25, 0.3) is 0 Å². The zero-order valence-electron chi connectivity index (χ0n) is 12.1. The third kappa shape index (κ3) is 2.98. The first-order chi connectivity index (χ1) is 10.1. The number of hydrogen-bond acceptors (Lipinski definition) is 1. The number of hydrogen-bond donors (Lipinski definition) is 1. The molecule has 0 fully saturated rings. The fourth-order valence-corrected chi connectivity index (χ4v) is 3.11. The van der Waals surface area contributed by atoms with E-state index in [1.807, 2.05) is 0 Å². The van der Waals surface area contributed by atoms with E-state index in [-0.39, 0.29) is 6.04 Å². The Morgan fingerprint density at radius 1 is 1.00 bits per heavy atom. The minimum atomic E-state index is -0.796. The average Bonchev–Trinajstić information content (AvgIpc) is 2.50. The molecule has 2 unspecified atom stereocenters. The van der Waals surface area contributed by atoms with Gasteiger partial charge in [0.25, 0.3) is 0 Å². The van der Waals surface area contributed by atoms with Crippen molar-refractivity contribution in [2.45, 2.75) is 38.3 Å². The van der Waals surface area contributed by atoms with Crippen LogP contribution in [0.15, 0.2) is 42.5 Å². The van der Waals surface area contributed by atoms with Crippen molar-refractivity contribution < 1.29 is 8.78 Å². The summed E-state index contributed by atoms with van der Waals surface area (Å²) in [6, 6.07) is 12.8. The molecule has 2 aromatic carbocycles. The van der Waals surface area contributed by atoms with E-state index in [0.717, 1.165) is 18.4 Å². The van der Waals surface area contributed by atoms with Gasteiger partial charge in [-0.25, -0.2) is 8.78 Å². The molecule has 1 nitrogen and oxygen atoms in total. The summed E-state index contributed by atoms with van der Waals surface area (Å²) in [6.45, 7) is 2.80. The zero-order valence-corrected chi connectivity index (χ0v) is 12.1. The first kappa shape index (κ1) is 14.2. The van der Waals surface area contributed by atoms with Gasteiger partial charge in [0.2, 0.25) is 0 Å². The van der Waals surface area contributed by atoms with Crippen LogP contribution in [0, 0.1) is 11.6 Å². The largest absolute Gasteiger partial charge is 0.306 e. The van der Waals surface area contributed by atoms with Gasteiger partial charge < -0.3 is 5.32 Å². The molecule has 3 rings (SSSR count). The summed E-state index contributed by atoms with van der Waals surface area (Å²) in [4.78, 5) is 0. The van der Waals surface area contributed by atoms with Crippen LogP contribution in [0.4, 0.5) is 8.78 Å². The normalized spacial score (nSPS) is 21.1. The molecular weight excluding hydrogens is 268 g/mol. The van der Waals surface area contributed by atoms with Crippen molar-refractivity contribution >= 4 is 0 Å². The minimum absolute atomic E-state index is 0.283. The summed E-state index contributed by atoms with van der Waals surface area (Å²) in [7, 11) is 0. The predicted molar refractivity (Wildman–Crippen MR) is 80.0 cm³/mol. The predicted octanol–water partition coefficient (Wildman–Crippen LogP) is 4.69. The molecule has 0 bridgehead atoms. The summed E-state index contributed by atoms with van der Waals surface area (Å²) in [5.41, 5.74) is 3.50. The van der Waals surface area contributed by atoms with Crippen LogP contribution in [-0.4, -0.2) is 0 Å². The molecule has 3 heteroatoms. The van der Waals surface area contributed by atoms with E-state index >= 15 is 0 Å². The van der Waals surface area contributed by atoms with Crippen LogP contribution in [0.3, 0.4) is 0 Å². The van der Waals surface area contributed by atoms with E-state index in [9.17, 15) is 8.78 Å². The first-order valence-electron chi connectivity index (χ1n) is 7.41. The van der Waals surface area contributed by atoms with Crippen molar-refractivity contribution in [3.63, 3.8) is 0 Å². The molecule has 0 amide bonds. The van der Waals surface area contributed by atoms with Crippen LogP contribution >= 0.6 is 0 Å². The van der Waals surface area contributed by atoms with E-state index in [1.165, 1.54) is 23.3 Å². The van der Waals surface area contributed by atoms with Crippen molar-refractivity contribution in [2.24, 2.45) is 0 Å². The molecule has 0 saturated heterocycles. The van der Waals surface area contributed by atoms with Crippen LogP contribution in [0.1, 0.15) is 48.4 Å². The highest BCUT2D eigenvalue weighted by molar-refractivity contribution is 5.35. The number of fused-ring (bicyclic) bond motifs is 1. The Morgan fingerprint density at radius 3 is 2.52 bits per heavy atom. The highest BCUT2D eigenvalue weighted by atomic mass is 19.2. The Balaban J connectivity index is 1.74. The lowest BCUT2D eigenvalue weighted by Gasteiger charge is -2.30. The van der Waals surface area contributed by atoms with Crippen molar-refractivity contribution in [1.29, 1.82) is 0 Å². The highest BCUT2D eigenvalue weighted by Crippen LogP contribution is 2.37. The molecule has 1 aliphatic rings. The molecule has 0 radical (unpaired) electrons. The molecule has 0 aliphatic heterocycles. The van der Waals surface area contributed by atoms with Gasteiger partial charge in [0.1, 0.15) is 0 Å². The van der Waals surface area contributed by atoms with Gasteiger partial charge in [0, 0.05) is 12.6 Å². The van der Waals surface area contributed by atoms with Crippen molar-refractivity contribution in [3.8, 4) is 0 Å². The molecule has 0 heterocycles. The number of halogens is 2. The molecule has 0 spiro atoms. The van der Waals surface area contributed by atoms with Crippen molar-refractivity contribution in [2.75, 3.05) is 0 Å². The zero-order chi connectivity index (χ0) is 14.8. The number of rotatable bonds is 3. The Hall–Kier alpha value is -1.74. The van der Waals surface area contributed by atoms with E-state index in [4.69, 9.17) is 0 Å². The van der Waals surface area contributed by atoms with Gasteiger partial charge in [-0.05, 0) is 47.6 Å². The molecule has 21 heavy (non-hydrogen) atoms. The van der Waals surface area contributed by atoms with Gasteiger partial charge >= 0.3 is 0 Å². The topological polar surface area (TPSA) is 12.0 Å². The summed E-state index contributed by atoms with van der Waals surface area (Å²) >= 11 is 0. The third-order valence-electron chi connectivity index (χ3n) is 4.33. The van der Waals surface area contributed by atoms with Crippen molar-refractivity contribution in [1.82, 2.24) is 5.32 Å². The SMILES string of the molecule is CC1CCC(NCc2ccc(F)c(F)c2)c2ccccc21. The molecule has 1 N–H and O–H groups in total. The standard InChI is InChI=1S/C18H19F2N/c1-12-6-9-18(15-5-3-2-4-14(12)15)21-11-13-7-8-16(19)17(20)10-13/h2-5,7-8,10,12,18,21H,6,9,11H2,1H3. The fraction of sp³-hybridized carbons (Fsp3) is 0.333. The van der Waals surface area contributed by atoms with Crippen LogP contribution in [0.5, 0.6) is 0 Å². The van der Waals surface area contributed by atoms with Crippen LogP contribution in [-0.2, 0) is 6.54 Å². The van der Waals surface area contributed by atoms with Gasteiger partial charge in [0.05, 0.1) is 0 Å². The molecule has 2 aromatic rings. The lowest BCUT2D eigenvalue weighted by Crippen LogP contribution is -2.26. The maximum absolute atomic E-state index is 13.2. The quantitative estimate of drug-likeness (QED) is 0.863. The Morgan fingerprint density at radius 2 is 1.76 bits per heavy atom. The van der Waals surface area contributed by atoms with Gasteiger partial charge in [0.15, 0.2) is 11.6 Å². The summed E-state index contributed by atoms with van der Waals surface area (Å²) < 4.78 is 26.2. The highest BCUT2D eigenvalue weighted by Gasteiger charge is 2.23. The van der Waals surface area contributed by atoms with Gasteiger partial charge in [-0.3, -0.25) is 0 Å². The average molecular weight is 287 g/mol. The minimum Gasteiger partial charge on any atom is -0.306 e. The summed E-state index contributed by atoms with van der Waals surface area (Å²) in [6.07, 6.45) is 2.22. The fourth-order valence-electron chi connectivity index (χ4n) is 3.11. The summed E-state index contributed by atoms with van der Waals surface area (Å²) in [5, 5.41) is 3.47. The maximum atomic E-state index is 13.2. The van der Waals surface area contributed by atoms with Gasteiger partial charge in [-0.2, -0.15) is 0 Å². The second-order valence-electron chi connectivity index (χ2n) is 5.79. The molecule has 110 valence electrons. The van der Waals surface area contributed by atoms with Crippen LogP contribution < -0.4 is 5.32 Å². The first-order valence-corrected chi connectivity index (χ1v) is 7.41. The lowest BCUT2D eigenvalue weighted by molar-refractivity contribution is 0.430. The van der Waals surface area contributed by atoms with E-state index in [0.29, 0.717) is 12.5 Å². The number of nitrogens with one attached hydrogen (secondary N) is 1. The molecule has 1 aliphatic carbocycles. The lowest BCUT2D eigenvalue weighted by atomic mass is 9.81. The Bertz CT molecular complexity index is 639. The molecule has 2 atom stereocenters. The monoisotopic (exact) mass is 287 g/mol. The molecule has 0 aromatic heterocycles. The second-order valence-corrected chi connectivity index (χ2v) is 5.79. The smallest absolute Gasteiger partial charge is 0.159 e.